The second-order valence-electron chi connectivity index (χ2n) is 24.0. The molecule has 0 aromatic carbocycles. The number of nitrogens with one attached hydrogen (secondary N) is 5. The molecule has 82 heavy (non-hydrogen) atoms. The zero-order chi connectivity index (χ0) is 61.2. The molecule has 1 aliphatic rings. The maximum absolute atomic E-state index is 11.9. The van der Waals surface area contributed by atoms with Crippen molar-refractivity contribution < 1.29 is 4.79 Å². The van der Waals surface area contributed by atoms with E-state index in [0.29, 0.717) is 41.4 Å². The first-order valence-corrected chi connectivity index (χ1v) is 32.0. The van der Waals surface area contributed by atoms with Crippen LogP contribution in [0.1, 0.15) is 266 Å². The molecule has 0 atom stereocenters. The third-order valence-electron chi connectivity index (χ3n) is 13.5. The summed E-state index contributed by atoms with van der Waals surface area (Å²) in [5, 5.41) is 13.6. The molecule has 444 valence electrons. The minimum atomic E-state index is -0.0400. The van der Waals surface area contributed by atoms with Gasteiger partial charge in [-0.25, -0.2) is 19.9 Å². The van der Waals surface area contributed by atoms with E-state index in [1.165, 1.54) is 47.6 Å². The van der Waals surface area contributed by atoms with Gasteiger partial charge in [0.1, 0.15) is 31.6 Å². The van der Waals surface area contributed by atoms with E-state index >= 15 is 0 Å². The smallest absolute Gasteiger partial charge is 0.287 e. The third-order valence-corrected chi connectivity index (χ3v) is 19.2. The molecule has 10 heterocycles. The van der Waals surface area contributed by atoms with Crippen LogP contribution in [-0.4, -0.2) is 61.9 Å². The fraction of sp³-hybridized carbons (Fsp3) is 0.524. The molecule has 0 fully saturated rings. The number of aryl methyl sites for hydroxylation is 2. The molecule has 0 spiro atoms. The number of fused-ring (bicyclic) bond motifs is 4. The molecule has 0 radical (unpaired) electrons. The van der Waals surface area contributed by atoms with Gasteiger partial charge < -0.3 is 15.0 Å². The lowest BCUT2D eigenvalue weighted by Gasteiger charge is -2.13. The quantitative estimate of drug-likeness (QED) is 0.0877. The van der Waals surface area contributed by atoms with Crippen LogP contribution < -0.4 is 16.7 Å². The first kappa shape index (κ1) is 66.8. The topological polar surface area (TPSA) is 224 Å². The Hall–Kier alpha value is -6.02. The number of aliphatic imine (C=N–C) groups is 1. The van der Waals surface area contributed by atoms with E-state index < -0.39 is 0 Å². The van der Waals surface area contributed by atoms with Crippen molar-refractivity contribution in [3.63, 3.8) is 0 Å². The van der Waals surface area contributed by atoms with Crippen molar-refractivity contribution in [1.82, 2.24) is 50.3 Å². The van der Waals surface area contributed by atoms with E-state index in [4.69, 9.17) is 0 Å². The van der Waals surface area contributed by atoms with Gasteiger partial charge in [0.2, 0.25) is 0 Å². The van der Waals surface area contributed by atoms with Crippen molar-refractivity contribution in [1.29, 1.82) is 0 Å². The predicted octanol–water partition coefficient (Wildman–Crippen LogP) is 17.0. The zero-order valence-corrected chi connectivity index (χ0v) is 55.7. The van der Waals surface area contributed by atoms with Crippen LogP contribution in [0.25, 0.3) is 30.6 Å². The normalized spacial score (nSPS) is 12.3. The van der Waals surface area contributed by atoms with Crippen molar-refractivity contribution in [2.45, 2.75) is 212 Å². The van der Waals surface area contributed by atoms with Crippen LogP contribution in [0.3, 0.4) is 0 Å². The number of aromatic nitrogens is 10. The van der Waals surface area contributed by atoms with Gasteiger partial charge in [-0.2, -0.15) is 10.2 Å². The molecular formula is C63H89N11O4S4. The van der Waals surface area contributed by atoms with E-state index in [9.17, 15) is 19.2 Å². The fourth-order valence-electron chi connectivity index (χ4n) is 8.28. The molecule has 19 heteroatoms. The molecule has 1 aliphatic heterocycles. The number of aromatic amines is 5. The van der Waals surface area contributed by atoms with Crippen LogP contribution in [0.2, 0.25) is 0 Å². The summed E-state index contributed by atoms with van der Waals surface area (Å²) in [6.45, 7) is 46.2. The van der Waals surface area contributed by atoms with Gasteiger partial charge in [0.15, 0.2) is 0 Å². The van der Waals surface area contributed by atoms with Crippen molar-refractivity contribution in [2.24, 2.45) is 10.9 Å². The monoisotopic (exact) mass is 1190 g/mol. The number of rotatable bonds is 10. The number of thiophene rings is 4. The Morgan fingerprint density at radius 3 is 0.963 bits per heavy atom. The van der Waals surface area contributed by atoms with Gasteiger partial charge in [-0.3, -0.25) is 29.4 Å². The number of H-pyrrole nitrogens is 5. The average Bonchev–Trinajstić information content (AvgIpc) is 4.48. The Balaban J connectivity index is 0.000000183. The Labute approximate surface area is 500 Å². The molecule has 1 amide bonds. The minimum absolute atomic E-state index is 0.00870. The van der Waals surface area contributed by atoms with Crippen molar-refractivity contribution in [2.75, 3.05) is 0 Å². The lowest BCUT2D eigenvalue weighted by atomic mass is 9.97. The van der Waals surface area contributed by atoms with Crippen molar-refractivity contribution in [3.05, 3.63) is 138 Å². The van der Waals surface area contributed by atoms with Gasteiger partial charge in [0.05, 0.1) is 33.8 Å². The molecule has 0 saturated carbocycles. The fourth-order valence-corrected chi connectivity index (χ4v) is 12.3. The van der Waals surface area contributed by atoms with Crippen LogP contribution in [0.5, 0.6) is 0 Å². The Morgan fingerprint density at radius 1 is 0.402 bits per heavy atom. The molecule has 0 unspecified atom stereocenters. The Kier molecular flexibility index (Phi) is 24.0. The summed E-state index contributed by atoms with van der Waals surface area (Å²) >= 11 is 6.25. The summed E-state index contributed by atoms with van der Waals surface area (Å²) in [6, 6.07) is 8.28. The van der Waals surface area contributed by atoms with Crippen LogP contribution in [-0.2, 0) is 6.42 Å². The summed E-state index contributed by atoms with van der Waals surface area (Å²) in [6.07, 6.45) is 4.63. The van der Waals surface area contributed by atoms with E-state index in [-0.39, 0.29) is 40.3 Å². The SMILES string of the molecule is CC(C)C1=NC(=O)c2sc(C(C)C)cc2C1.CC(C)c1nc2cc(C(C)C)sc2c(=O)[nH]1.CC(C)c1nc2cc(C(C)C)sc2c(=O)[nH]1.CC(C)c1nc2cc(C(C)C)sc2c(=O)[nH]1.Cc1[nH]ncc1C(C)C.Cc1[nH]ncc1C(C)C. The zero-order valence-electron chi connectivity index (χ0n) is 52.4. The number of hydrogen-bond acceptors (Lipinski definition) is 13. The number of carbonyl (C=O) groups excluding carboxylic acids is 1. The van der Waals surface area contributed by atoms with Crippen LogP contribution in [0.15, 0.2) is 56.0 Å². The Morgan fingerprint density at radius 2 is 0.720 bits per heavy atom. The van der Waals surface area contributed by atoms with Gasteiger partial charge in [0.25, 0.3) is 22.6 Å². The second kappa shape index (κ2) is 29.5. The maximum Gasteiger partial charge on any atom is 0.287 e. The van der Waals surface area contributed by atoms with Gasteiger partial charge in [-0.15, -0.1) is 45.3 Å². The van der Waals surface area contributed by atoms with E-state index in [2.05, 4.69) is 158 Å². The molecule has 0 aliphatic carbocycles. The summed E-state index contributed by atoms with van der Waals surface area (Å²) in [5.74, 6) is 6.38. The molecule has 9 aromatic heterocycles. The molecule has 9 aromatic rings. The van der Waals surface area contributed by atoms with Crippen molar-refractivity contribution in [3.8, 4) is 0 Å². The van der Waals surface area contributed by atoms with Crippen LogP contribution in [0, 0.1) is 19.8 Å². The molecule has 15 nitrogen and oxygen atoms in total. The highest BCUT2D eigenvalue weighted by Crippen LogP contribution is 2.34. The molecule has 0 bridgehead atoms. The second-order valence-corrected chi connectivity index (χ2v) is 28.3. The van der Waals surface area contributed by atoms with E-state index in [1.54, 1.807) is 45.3 Å². The van der Waals surface area contributed by atoms with Gasteiger partial charge in [0, 0.05) is 60.8 Å². The third kappa shape index (κ3) is 17.5. The van der Waals surface area contributed by atoms with Gasteiger partial charge in [-0.1, -0.05) is 138 Å². The maximum atomic E-state index is 11.9. The van der Waals surface area contributed by atoms with Gasteiger partial charge in [-0.05, 0) is 96.2 Å². The molecule has 0 saturated heterocycles. The number of nitrogens with zero attached hydrogens (tertiary/aromatic N) is 6. The van der Waals surface area contributed by atoms with Gasteiger partial charge >= 0.3 is 0 Å². The average molecular weight is 1190 g/mol. The first-order valence-electron chi connectivity index (χ1n) is 28.7. The standard InChI is InChI=1S/C13H17NOS.3C12H16N2OS.2C7H12N2/c1-7(2)10-5-9-6-11(8(3)4)16-12(9)13(15)14-10;3*1-6(2)9-5-8-10(16-9)12(15)14-11(13-8)7(3)4;2*1-5(2)7-4-8-9-6(7)3/h6-8H,5H2,1-4H3;3*5-7H,1-4H3,(H,13,14,15);2*4-5H,1-3H3,(H,8,9). The first-order chi connectivity index (χ1) is 38.4. The number of amides is 1. The molecule has 10 rings (SSSR count). The summed E-state index contributed by atoms with van der Waals surface area (Å²) in [4.78, 5) is 79.4. The van der Waals surface area contributed by atoms with Crippen LogP contribution in [0.4, 0.5) is 0 Å². The molecular weight excluding hydrogens is 1100 g/mol. The predicted molar refractivity (Wildman–Crippen MR) is 349 cm³/mol. The largest absolute Gasteiger partial charge is 0.309 e. The number of hydrogen-bond donors (Lipinski definition) is 5. The summed E-state index contributed by atoms with van der Waals surface area (Å²) < 4.78 is 2.23. The van der Waals surface area contributed by atoms with E-state index in [1.807, 2.05) is 86.0 Å². The van der Waals surface area contributed by atoms with Crippen molar-refractivity contribution >= 4 is 87.6 Å². The highest BCUT2D eigenvalue weighted by molar-refractivity contribution is 7.19. The van der Waals surface area contributed by atoms with E-state index in [0.717, 1.165) is 65.1 Å². The summed E-state index contributed by atoms with van der Waals surface area (Å²) in [7, 11) is 0. The molecule has 5 N–H and O–H groups in total. The minimum Gasteiger partial charge on any atom is -0.309 e. The summed E-state index contributed by atoms with van der Waals surface area (Å²) in [5.41, 5.74) is 9.67. The highest BCUT2D eigenvalue weighted by atomic mass is 32.1. The lowest BCUT2D eigenvalue weighted by molar-refractivity contribution is 0.100. The van der Waals surface area contributed by atoms with Crippen LogP contribution >= 0.6 is 45.3 Å². The lowest BCUT2D eigenvalue weighted by Crippen LogP contribution is -2.18. The number of carbonyl (C=O) groups is 1. The highest BCUT2D eigenvalue weighted by Gasteiger charge is 2.25. The Bertz CT molecular complexity index is 3460.